The van der Waals surface area contributed by atoms with E-state index in [0.717, 1.165) is 16.8 Å². The van der Waals surface area contributed by atoms with Gasteiger partial charge in [-0.3, -0.25) is 9.69 Å². The van der Waals surface area contributed by atoms with Crippen LogP contribution in [-0.2, 0) is 4.79 Å². The number of anilines is 2. The third kappa shape index (κ3) is 2.77. The molecule has 2 N–H and O–H groups in total. The zero-order valence-corrected chi connectivity index (χ0v) is 13.6. The first kappa shape index (κ1) is 14.8. The molecule has 1 aliphatic rings. The number of carbonyl (C=O) groups is 1. The molecule has 2 aromatic carbocycles. The van der Waals surface area contributed by atoms with Crippen LogP contribution in [0.4, 0.5) is 11.4 Å². The molecule has 3 nitrogen and oxygen atoms in total. The maximum Gasteiger partial charge on any atom is 0.270 e. The number of nitrogens with zero attached hydrogens (tertiary/aromatic N) is 1. The maximum atomic E-state index is 12.6. The van der Waals surface area contributed by atoms with Crippen molar-refractivity contribution >= 4 is 51.7 Å². The molecule has 2 aromatic rings. The summed E-state index contributed by atoms with van der Waals surface area (Å²) in [6.07, 6.45) is 1.89. The van der Waals surface area contributed by atoms with Gasteiger partial charge in [0.25, 0.3) is 5.91 Å². The zero-order chi connectivity index (χ0) is 15.7. The first-order valence-corrected chi connectivity index (χ1v) is 7.98. The zero-order valence-electron chi connectivity index (χ0n) is 11.9. The van der Waals surface area contributed by atoms with Gasteiger partial charge < -0.3 is 5.73 Å². The van der Waals surface area contributed by atoms with E-state index in [1.165, 1.54) is 11.8 Å². The van der Waals surface area contributed by atoms with Gasteiger partial charge in [0.2, 0.25) is 0 Å². The van der Waals surface area contributed by atoms with Crippen LogP contribution in [0.25, 0.3) is 6.08 Å². The minimum atomic E-state index is -0.0944. The highest BCUT2D eigenvalue weighted by molar-refractivity contribution is 8.27. The summed E-state index contributed by atoms with van der Waals surface area (Å²) >= 11 is 6.68. The van der Waals surface area contributed by atoms with Gasteiger partial charge in [-0.2, -0.15) is 0 Å². The molecular formula is C17H14N2OS2. The standard InChI is InChI=1S/C17H14N2OS2/c1-11-4-2-3-5-12(11)10-15-16(20)19(17(21)22-15)14-8-6-13(18)7-9-14/h2-10H,18H2,1H3/b15-10+. The lowest BCUT2D eigenvalue weighted by atomic mass is 10.1. The van der Waals surface area contributed by atoms with Crippen LogP contribution in [0.3, 0.4) is 0 Å². The second kappa shape index (κ2) is 5.94. The number of aryl methyl sites for hydroxylation is 1. The van der Waals surface area contributed by atoms with E-state index in [9.17, 15) is 4.79 Å². The molecule has 0 bridgehead atoms. The van der Waals surface area contributed by atoms with E-state index in [-0.39, 0.29) is 5.91 Å². The summed E-state index contributed by atoms with van der Waals surface area (Å²) < 4.78 is 0.537. The van der Waals surface area contributed by atoms with Crippen LogP contribution in [-0.4, -0.2) is 10.2 Å². The van der Waals surface area contributed by atoms with E-state index in [1.807, 2.05) is 37.3 Å². The molecule has 0 spiro atoms. The minimum absolute atomic E-state index is 0.0944. The van der Waals surface area contributed by atoms with Crippen LogP contribution in [0.5, 0.6) is 0 Å². The summed E-state index contributed by atoms with van der Waals surface area (Å²) in [5.41, 5.74) is 9.24. The predicted molar refractivity (Wildman–Crippen MR) is 97.7 cm³/mol. The number of thioether (sulfide) groups is 1. The highest BCUT2D eigenvalue weighted by atomic mass is 32.2. The van der Waals surface area contributed by atoms with Gasteiger partial charge in [-0.15, -0.1) is 0 Å². The fourth-order valence-electron chi connectivity index (χ4n) is 2.20. The van der Waals surface area contributed by atoms with E-state index >= 15 is 0 Å². The lowest BCUT2D eigenvalue weighted by molar-refractivity contribution is -0.113. The van der Waals surface area contributed by atoms with Gasteiger partial charge in [0.15, 0.2) is 4.32 Å². The summed E-state index contributed by atoms with van der Waals surface area (Å²) in [7, 11) is 0. The molecule has 1 fully saturated rings. The number of thiocarbonyl (C=S) groups is 1. The Morgan fingerprint density at radius 3 is 2.50 bits per heavy atom. The Balaban J connectivity index is 1.95. The SMILES string of the molecule is Cc1ccccc1/C=C1/SC(=S)N(c2ccc(N)cc2)C1=O. The Labute approximate surface area is 138 Å². The first-order chi connectivity index (χ1) is 10.6. The third-order valence-corrected chi connectivity index (χ3v) is 4.72. The first-order valence-electron chi connectivity index (χ1n) is 6.75. The van der Waals surface area contributed by atoms with E-state index in [2.05, 4.69) is 0 Å². The molecule has 5 heteroatoms. The van der Waals surface area contributed by atoms with Gasteiger partial charge in [-0.25, -0.2) is 0 Å². The third-order valence-electron chi connectivity index (χ3n) is 3.42. The number of carbonyl (C=O) groups excluding carboxylic acids is 1. The number of hydrogen-bond acceptors (Lipinski definition) is 4. The van der Waals surface area contributed by atoms with E-state index < -0.39 is 0 Å². The highest BCUT2D eigenvalue weighted by Gasteiger charge is 2.33. The van der Waals surface area contributed by atoms with Crippen molar-refractivity contribution < 1.29 is 4.79 Å². The number of nitrogens with two attached hydrogens (primary N) is 1. The molecule has 22 heavy (non-hydrogen) atoms. The molecule has 0 radical (unpaired) electrons. The second-order valence-corrected chi connectivity index (χ2v) is 6.64. The average Bonchev–Trinajstić information content (AvgIpc) is 2.77. The van der Waals surface area contributed by atoms with Crippen molar-refractivity contribution in [3.63, 3.8) is 0 Å². The van der Waals surface area contributed by atoms with Crippen LogP contribution >= 0.6 is 24.0 Å². The number of amides is 1. The van der Waals surface area contributed by atoms with Crippen LogP contribution in [0, 0.1) is 6.92 Å². The lowest BCUT2D eigenvalue weighted by Gasteiger charge is -2.14. The van der Waals surface area contributed by atoms with Crippen molar-refractivity contribution in [3.05, 3.63) is 64.6 Å². The Morgan fingerprint density at radius 2 is 1.82 bits per heavy atom. The molecule has 0 saturated carbocycles. The van der Waals surface area contributed by atoms with E-state index in [0.29, 0.717) is 14.9 Å². The summed E-state index contributed by atoms with van der Waals surface area (Å²) in [5, 5.41) is 0. The molecule has 0 aliphatic carbocycles. The predicted octanol–water partition coefficient (Wildman–Crippen LogP) is 3.98. The summed E-state index contributed by atoms with van der Waals surface area (Å²) in [5.74, 6) is -0.0944. The molecule has 0 aromatic heterocycles. The number of hydrogen-bond donors (Lipinski definition) is 1. The fraction of sp³-hybridized carbons (Fsp3) is 0.0588. The number of nitrogen functional groups attached to an aromatic ring is 1. The lowest BCUT2D eigenvalue weighted by Crippen LogP contribution is -2.27. The van der Waals surface area contributed by atoms with Crippen molar-refractivity contribution in [3.8, 4) is 0 Å². The molecular weight excluding hydrogens is 312 g/mol. The van der Waals surface area contributed by atoms with Crippen LogP contribution in [0.1, 0.15) is 11.1 Å². The van der Waals surface area contributed by atoms with Gasteiger partial charge in [-0.1, -0.05) is 48.2 Å². The topological polar surface area (TPSA) is 46.3 Å². The van der Waals surface area contributed by atoms with Gasteiger partial charge >= 0.3 is 0 Å². The number of benzene rings is 2. The van der Waals surface area contributed by atoms with Gasteiger partial charge in [-0.05, 0) is 48.4 Å². The van der Waals surface area contributed by atoms with Crippen molar-refractivity contribution in [2.45, 2.75) is 6.92 Å². The van der Waals surface area contributed by atoms with E-state index in [1.54, 1.807) is 29.2 Å². The Hall–Kier alpha value is -2.11. The monoisotopic (exact) mass is 326 g/mol. The van der Waals surface area contributed by atoms with E-state index in [4.69, 9.17) is 18.0 Å². The maximum absolute atomic E-state index is 12.6. The average molecular weight is 326 g/mol. The summed E-state index contributed by atoms with van der Waals surface area (Å²) in [6, 6.07) is 15.1. The van der Waals surface area contributed by atoms with Crippen LogP contribution < -0.4 is 10.6 Å². The van der Waals surface area contributed by atoms with Gasteiger partial charge in [0.1, 0.15) is 0 Å². The highest BCUT2D eigenvalue weighted by Crippen LogP contribution is 2.36. The summed E-state index contributed by atoms with van der Waals surface area (Å²) in [4.78, 5) is 14.8. The number of rotatable bonds is 2. The minimum Gasteiger partial charge on any atom is -0.399 e. The van der Waals surface area contributed by atoms with Crippen molar-refractivity contribution in [2.75, 3.05) is 10.6 Å². The molecule has 1 amide bonds. The molecule has 3 rings (SSSR count). The Morgan fingerprint density at radius 1 is 1.14 bits per heavy atom. The van der Waals surface area contributed by atoms with Crippen LogP contribution in [0.2, 0.25) is 0 Å². The fourth-order valence-corrected chi connectivity index (χ4v) is 3.49. The largest absolute Gasteiger partial charge is 0.399 e. The Kier molecular flexibility index (Phi) is 4.00. The second-order valence-electron chi connectivity index (χ2n) is 4.97. The van der Waals surface area contributed by atoms with Crippen molar-refractivity contribution in [2.24, 2.45) is 0 Å². The normalized spacial score (nSPS) is 16.6. The van der Waals surface area contributed by atoms with Gasteiger partial charge in [0, 0.05) is 5.69 Å². The smallest absolute Gasteiger partial charge is 0.270 e. The van der Waals surface area contributed by atoms with Crippen LogP contribution in [0.15, 0.2) is 53.4 Å². The quantitative estimate of drug-likeness (QED) is 0.515. The molecule has 1 heterocycles. The van der Waals surface area contributed by atoms with Crippen molar-refractivity contribution in [1.29, 1.82) is 0 Å². The molecule has 0 unspecified atom stereocenters. The molecule has 0 atom stereocenters. The molecule has 110 valence electrons. The molecule has 1 saturated heterocycles. The van der Waals surface area contributed by atoms with Crippen molar-refractivity contribution in [1.82, 2.24) is 0 Å². The van der Waals surface area contributed by atoms with Gasteiger partial charge in [0.05, 0.1) is 10.6 Å². The molecule has 1 aliphatic heterocycles. The summed E-state index contributed by atoms with van der Waals surface area (Å²) in [6.45, 7) is 2.02. The Bertz CT molecular complexity index is 782.